The Morgan fingerprint density at radius 2 is 1.63 bits per heavy atom. The number of nitrogens with one attached hydrogen (secondary N) is 2. The molecular weight excluding hydrogens is 809 g/mol. The van der Waals surface area contributed by atoms with Gasteiger partial charge in [0.2, 0.25) is 0 Å². The molecule has 0 saturated carbocycles. The van der Waals surface area contributed by atoms with Gasteiger partial charge in [-0.2, -0.15) is 0 Å². The van der Waals surface area contributed by atoms with E-state index in [4.69, 9.17) is 39.8 Å². The second-order valence-corrected chi connectivity index (χ2v) is 16.4. The third-order valence-electron chi connectivity index (χ3n) is 10.3. The van der Waals surface area contributed by atoms with Gasteiger partial charge in [-0.1, -0.05) is 71.7 Å². The molecule has 3 aliphatic heterocycles. The van der Waals surface area contributed by atoms with Crippen molar-refractivity contribution in [3.05, 3.63) is 158 Å². The van der Waals surface area contributed by atoms with Gasteiger partial charge in [-0.3, -0.25) is 9.79 Å². The predicted octanol–water partition coefficient (Wildman–Crippen LogP) is 8.59. The smallest absolute Gasteiger partial charge is 0.307 e. The average molecular weight is 851 g/mol. The monoisotopic (exact) mass is 849 g/mol. The summed E-state index contributed by atoms with van der Waals surface area (Å²) in [6.45, 7) is 4.31. The number of carboxylic acid groups (broad SMARTS) is 1. The zero-order valence-corrected chi connectivity index (χ0v) is 34.6. The van der Waals surface area contributed by atoms with E-state index in [9.17, 15) is 13.7 Å². The van der Waals surface area contributed by atoms with E-state index in [2.05, 4.69) is 74.0 Å². The van der Waals surface area contributed by atoms with Crippen molar-refractivity contribution in [2.24, 2.45) is 15.7 Å². The zero-order chi connectivity index (χ0) is 41.8. The summed E-state index contributed by atoms with van der Waals surface area (Å²) in [4.78, 5) is 22.8. The van der Waals surface area contributed by atoms with Crippen LogP contribution in [-0.2, 0) is 22.4 Å². The van der Waals surface area contributed by atoms with Crippen molar-refractivity contribution in [3.8, 4) is 0 Å². The largest absolute Gasteiger partial charge is 0.612 e. The van der Waals surface area contributed by atoms with Gasteiger partial charge in [-0.25, -0.2) is 9.38 Å². The zero-order valence-electron chi connectivity index (χ0n) is 32.3. The third kappa shape index (κ3) is 9.26. The van der Waals surface area contributed by atoms with Crippen LogP contribution in [-0.4, -0.2) is 53.4 Å². The molecule has 7 N–H and O–H groups in total. The molecule has 9 rings (SSSR count). The van der Waals surface area contributed by atoms with Crippen LogP contribution in [0.1, 0.15) is 52.8 Å². The number of benzene rings is 5. The van der Waals surface area contributed by atoms with E-state index in [1.807, 2.05) is 25.1 Å². The molecule has 5 aromatic rings. The summed E-state index contributed by atoms with van der Waals surface area (Å²) in [6.07, 6.45) is 4.39. The van der Waals surface area contributed by atoms with E-state index in [1.165, 1.54) is 34.5 Å². The highest BCUT2D eigenvalue weighted by Crippen LogP contribution is 2.44. The molecule has 1 saturated heterocycles. The lowest BCUT2D eigenvalue weighted by molar-refractivity contribution is -0.135. The number of carboxylic acids is 1. The van der Waals surface area contributed by atoms with Crippen molar-refractivity contribution in [1.82, 2.24) is 10.6 Å². The molecule has 1 aliphatic carbocycles. The molecule has 14 heteroatoms. The van der Waals surface area contributed by atoms with E-state index in [0.29, 0.717) is 44.5 Å². The summed E-state index contributed by atoms with van der Waals surface area (Å²) in [6, 6.07) is 32.4. The minimum absolute atomic E-state index is 0.145. The lowest BCUT2D eigenvalue weighted by Crippen LogP contribution is -2.36. The summed E-state index contributed by atoms with van der Waals surface area (Å²) in [7, 11) is 0. The quantitative estimate of drug-likeness (QED) is 0.0867. The number of hydrogen-bond acceptors (Lipinski definition) is 7. The fourth-order valence-corrected chi connectivity index (χ4v) is 8.62. The number of rotatable bonds is 5. The lowest BCUT2D eigenvalue weighted by Gasteiger charge is -2.26. The molecule has 2 unspecified atom stereocenters. The summed E-state index contributed by atoms with van der Waals surface area (Å²) < 4.78 is 25.1. The molecule has 59 heavy (non-hydrogen) atoms. The number of fused-ring (bicyclic) bond motifs is 6. The number of allylic oxidation sites excluding steroid dienone is 2. The molecule has 2 atom stereocenters. The van der Waals surface area contributed by atoms with Crippen LogP contribution in [0.25, 0.3) is 17.2 Å². The topological polar surface area (TPSA) is 164 Å². The van der Waals surface area contributed by atoms with Gasteiger partial charge < -0.3 is 36.7 Å². The van der Waals surface area contributed by atoms with Crippen molar-refractivity contribution in [1.29, 1.82) is 0 Å². The number of nitrogen functional groups attached to an aromatic ring is 1. The highest BCUT2D eigenvalue weighted by atomic mass is 35.5. The Morgan fingerprint density at radius 1 is 0.966 bits per heavy atom. The van der Waals surface area contributed by atoms with E-state index in [0.717, 1.165) is 53.2 Å². The van der Waals surface area contributed by atoms with Gasteiger partial charge in [-0.05, 0) is 135 Å². The Morgan fingerprint density at radius 3 is 2.31 bits per heavy atom. The summed E-state index contributed by atoms with van der Waals surface area (Å²) >= 11 is 10.9. The van der Waals surface area contributed by atoms with Crippen LogP contribution in [0.4, 0.5) is 21.5 Å². The normalized spacial score (nSPS) is 17.1. The van der Waals surface area contributed by atoms with Crippen LogP contribution in [0, 0.1) is 5.82 Å². The number of halogens is 3. The number of para-hydroxylation sites is 1. The number of aliphatic carboxylic acids is 1. The van der Waals surface area contributed by atoms with Crippen LogP contribution in [0.15, 0.2) is 124 Å². The van der Waals surface area contributed by atoms with Gasteiger partial charge in [0, 0.05) is 24.5 Å². The first-order valence-corrected chi connectivity index (χ1v) is 21.1. The van der Waals surface area contributed by atoms with Crippen LogP contribution < -0.4 is 27.0 Å². The fraction of sp³-hybridized carbons (Fsp3) is 0.178. The van der Waals surface area contributed by atoms with Crippen LogP contribution in [0.5, 0.6) is 0 Å². The Hall–Kier alpha value is -5.79. The van der Waals surface area contributed by atoms with Crippen molar-refractivity contribution < 1.29 is 18.8 Å². The molecule has 1 fully saturated rings. The first-order valence-electron chi connectivity index (χ1n) is 18.8. The van der Waals surface area contributed by atoms with Crippen molar-refractivity contribution in [3.63, 3.8) is 0 Å². The maximum absolute atomic E-state index is 13.7. The fourth-order valence-electron chi connectivity index (χ4n) is 7.51. The third-order valence-corrected chi connectivity index (χ3v) is 11.8. The van der Waals surface area contributed by atoms with E-state index >= 15 is 0 Å². The van der Waals surface area contributed by atoms with Crippen molar-refractivity contribution in [2.75, 3.05) is 36.5 Å². The summed E-state index contributed by atoms with van der Waals surface area (Å²) in [5, 5.41) is 16.2. The molecule has 0 spiro atoms. The van der Waals surface area contributed by atoms with Crippen molar-refractivity contribution >= 4 is 86.6 Å². The first-order chi connectivity index (χ1) is 28.4. The highest BCUT2D eigenvalue weighted by Gasteiger charge is 2.34. The SMILES string of the molecule is CC1=C(CC(=O)O)c2cc(F)ccc2/C1=C\c1ccc([S+](C)[O-])cc1.NC1=NCC2c3ccccc3Cc3ccccc3N12.Nc1cc(Cl)c(N=C2NCCN2)c(Cl)c1. The maximum atomic E-state index is 13.7. The van der Waals surface area contributed by atoms with Gasteiger partial charge in [-0.15, -0.1) is 0 Å². The Bertz CT molecular complexity index is 2510. The molecule has 0 aromatic heterocycles. The summed E-state index contributed by atoms with van der Waals surface area (Å²) in [5.41, 5.74) is 22.7. The first kappa shape index (κ1) is 41.4. The molecule has 0 amide bonds. The minimum Gasteiger partial charge on any atom is -0.612 e. The number of anilines is 2. The number of carbonyl (C=O) groups is 1. The lowest BCUT2D eigenvalue weighted by atomic mass is 9.97. The second kappa shape index (κ2) is 18.0. The number of hydrogen-bond donors (Lipinski definition) is 5. The Balaban J connectivity index is 0.000000139. The van der Waals surface area contributed by atoms with E-state index < -0.39 is 17.1 Å². The number of nitrogens with zero attached hydrogens (tertiary/aromatic N) is 3. The standard InChI is InChI=1S/C20H17FO3S.C16H15N3.C9H10Cl2N4/c1-12-17(9-13-3-6-15(7-4-13)25(2)24)16-8-5-14(21)10-19(16)18(12)11-20(22)23;17-16-18-10-15-13-7-3-1-5-11(13)9-12-6-2-4-8-14(12)19(15)16;10-6-3-5(12)4-7(11)8(6)15-9-13-1-2-14-9/h3-10H,11H2,1-2H3,(H,22,23);1-8,15H,9-10H2,(H2,17,18);3-4H,1-2,12H2,(H2,13,14,15)/b17-9-;;. The molecule has 3 heterocycles. The Labute approximate surface area is 355 Å². The van der Waals surface area contributed by atoms with Crippen LogP contribution >= 0.6 is 23.2 Å². The molecule has 0 radical (unpaired) electrons. The van der Waals surface area contributed by atoms with Crippen LogP contribution in [0.2, 0.25) is 10.0 Å². The number of guanidine groups is 2. The number of aliphatic imine (C=N–C) groups is 2. The van der Waals surface area contributed by atoms with Gasteiger partial charge >= 0.3 is 5.97 Å². The highest BCUT2D eigenvalue weighted by molar-refractivity contribution is 7.90. The van der Waals surface area contributed by atoms with Gasteiger partial charge in [0.1, 0.15) is 17.8 Å². The molecular formula is C45H42Cl2FN7O3S. The number of nitrogens with two attached hydrogens (primary N) is 2. The summed E-state index contributed by atoms with van der Waals surface area (Å²) in [5.74, 6) is -0.0104. The molecule has 302 valence electrons. The second-order valence-electron chi connectivity index (χ2n) is 14.2. The molecule has 4 aliphatic rings. The minimum atomic E-state index is -1.04. The van der Waals surface area contributed by atoms with E-state index in [1.54, 1.807) is 36.6 Å². The van der Waals surface area contributed by atoms with Crippen molar-refractivity contribution in [2.45, 2.75) is 30.7 Å². The molecule has 0 bridgehead atoms. The van der Waals surface area contributed by atoms with Gasteiger partial charge in [0.15, 0.2) is 16.8 Å². The Kier molecular flexibility index (Phi) is 12.6. The van der Waals surface area contributed by atoms with Crippen LogP contribution in [0.3, 0.4) is 0 Å². The van der Waals surface area contributed by atoms with E-state index in [-0.39, 0.29) is 18.3 Å². The van der Waals surface area contributed by atoms with Gasteiger partial charge in [0.25, 0.3) is 0 Å². The maximum Gasteiger partial charge on any atom is 0.307 e. The molecule has 5 aromatic carbocycles. The average Bonchev–Trinajstić information content (AvgIpc) is 3.90. The molecule has 10 nitrogen and oxygen atoms in total. The predicted molar refractivity (Wildman–Crippen MR) is 239 cm³/mol. The van der Waals surface area contributed by atoms with Gasteiger partial charge in [0.05, 0.1) is 29.1 Å².